The molecule has 0 atom stereocenters. The van der Waals surface area contributed by atoms with Gasteiger partial charge < -0.3 is 5.11 Å². The molecule has 3 rings (SSSR count). The van der Waals surface area contributed by atoms with E-state index in [2.05, 4.69) is 19.1 Å². The number of hydrogen-bond donors (Lipinski definition) is 1. The summed E-state index contributed by atoms with van der Waals surface area (Å²) in [4.78, 5) is 0. The van der Waals surface area contributed by atoms with Gasteiger partial charge in [-0.2, -0.15) is 0 Å². The lowest BCUT2D eigenvalue weighted by atomic mass is 9.77. The third-order valence-corrected chi connectivity index (χ3v) is 5.82. The van der Waals surface area contributed by atoms with Gasteiger partial charge in [0.1, 0.15) is 0 Å². The maximum Gasteiger partial charge on any atom is 0.188 e. The summed E-state index contributed by atoms with van der Waals surface area (Å²) in [5.74, 6) is -1.27. The number of hydrogen-bond acceptors (Lipinski definition) is 1. The van der Waals surface area contributed by atoms with E-state index < -0.39 is 17.4 Å². The number of benzene rings is 2. The number of phenols is 1. The summed E-state index contributed by atoms with van der Waals surface area (Å²) in [7, 11) is 0. The van der Waals surface area contributed by atoms with Gasteiger partial charge in [0.25, 0.3) is 0 Å². The molecule has 26 heavy (non-hydrogen) atoms. The van der Waals surface area contributed by atoms with Gasteiger partial charge in [0.05, 0.1) is 0 Å². The van der Waals surface area contributed by atoms with Crippen LogP contribution in [0.1, 0.15) is 69.8 Å². The molecule has 0 aromatic heterocycles. The molecule has 0 unspecified atom stereocenters. The van der Waals surface area contributed by atoms with Crippen molar-refractivity contribution in [3.05, 3.63) is 53.6 Å². The lowest BCUT2D eigenvalue weighted by Crippen LogP contribution is -2.13. The SMILES string of the molecule is CCCCCC1CCC(c2ccc(-c3ccc(F)c(O)c3F)cc2)CC1. The summed E-state index contributed by atoms with van der Waals surface area (Å²) in [5.41, 5.74) is 2.19. The molecule has 0 spiro atoms. The molecule has 0 saturated heterocycles. The summed E-state index contributed by atoms with van der Waals surface area (Å²) in [6.45, 7) is 2.25. The number of unbranched alkanes of at least 4 members (excludes halogenated alkanes) is 2. The van der Waals surface area contributed by atoms with E-state index in [1.54, 1.807) is 0 Å². The topological polar surface area (TPSA) is 20.2 Å². The zero-order chi connectivity index (χ0) is 18.5. The largest absolute Gasteiger partial charge is 0.503 e. The second-order valence-electron chi connectivity index (χ2n) is 7.59. The Kier molecular flexibility index (Phi) is 6.29. The normalized spacial score (nSPS) is 20.3. The Balaban J connectivity index is 1.63. The molecule has 1 fully saturated rings. The van der Waals surface area contributed by atoms with Crippen molar-refractivity contribution in [1.29, 1.82) is 0 Å². The number of halogens is 2. The van der Waals surface area contributed by atoms with Gasteiger partial charge in [-0.05, 0) is 60.8 Å². The Hall–Kier alpha value is -1.90. The van der Waals surface area contributed by atoms with Crippen molar-refractivity contribution < 1.29 is 13.9 Å². The lowest BCUT2D eigenvalue weighted by Gasteiger charge is -2.29. The third-order valence-electron chi connectivity index (χ3n) is 5.82. The standard InChI is InChI=1S/C23H28F2O/c1-2-3-4-5-16-6-8-17(9-7-16)18-10-12-19(13-11-18)20-14-15-21(24)23(26)22(20)25/h10-17,26H,2-9H2,1H3. The number of rotatable bonds is 6. The van der Waals surface area contributed by atoms with E-state index >= 15 is 0 Å². The molecule has 3 heteroatoms. The second-order valence-corrected chi connectivity index (χ2v) is 7.59. The van der Waals surface area contributed by atoms with Crippen molar-refractivity contribution in [2.24, 2.45) is 5.92 Å². The molecule has 1 saturated carbocycles. The van der Waals surface area contributed by atoms with Crippen LogP contribution in [0.4, 0.5) is 8.78 Å². The Morgan fingerprint density at radius 1 is 0.923 bits per heavy atom. The van der Waals surface area contributed by atoms with Crippen molar-refractivity contribution in [2.75, 3.05) is 0 Å². The summed E-state index contributed by atoms with van der Waals surface area (Å²) in [6, 6.07) is 10.3. The van der Waals surface area contributed by atoms with Crippen LogP contribution in [0, 0.1) is 17.6 Å². The van der Waals surface area contributed by atoms with Gasteiger partial charge in [0, 0.05) is 5.56 Å². The smallest absolute Gasteiger partial charge is 0.188 e. The zero-order valence-corrected chi connectivity index (χ0v) is 15.5. The Labute approximate surface area is 155 Å². The van der Waals surface area contributed by atoms with E-state index in [0.29, 0.717) is 11.5 Å². The highest BCUT2D eigenvalue weighted by atomic mass is 19.1. The van der Waals surface area contributed by atoms with Gasteiger partial charge in [-0.3, -0.25) is 0 Å². The molecule has 0 radical (unpaired) electrons. The molecule has 1 N–H and O–H groups in total. The summed E-state index contributed by atoms with van der Waals surface area (Å²) < 4.78 is 27.3. The van der Waals surface area contributed by atoms with Crippen molar-refractivity contribution >= 4 is 0 Å². The minimum absolute atomic E-state index is 0.232. The highest BCUT2D eigenvalue weighted by molar-refractivity contribution is 5.66. The first-order chi connectivity index (χ1) is 12.6. The number of aromatic hydroxyl groups is 1. The maximum absolute atomic E-state index is 14.1. The molecule has 0 heterocycles. The van der Waals surface area contributed by atoms with Crippen LogP contribution in [0.2, 0.25) is 0 Å². The van der Waals surface area contributed by atoms with E-state index in [1.165, 1.54) is 63.0 Å². The zero-order valence-electron chi connectivity index (χ0n) is 15.5. The Bertz CT molecular complexity index is 716. The minimum Gasteiger partial charge on any atom is -0.503 e. The summed E-state index contributed by atoms with van der Waals surface area (Å²) in [6.07, 6.45) is 10.4. The molecule has 0 aliphatic heterocycles. The molecule has 1 aliphatic rings. The molecule has 1 nitrogen and oxygen atoms in total. The van der Waals surface area contributed by atoms with Gasteiger partial charge >= 0.3 is 0 Å². The Morgan fingerprint density at radius 3 is 2.27 bits per heavy atom. The van der Waals surface area contributed by atoms with E-state index in [1.807, 2.05) is 12.1 Å². The first-order valence-electron chi connectivity index (χ1n) is 9.87. The van der Waals surface area contributed by atoms with Gasteiger partial charge in [-0.15, -0.1) is 0 Å². The lowest BCUT2D eigenvalue weighted by molar-refractivity contribution is 0.303. The fourth-order valence-corrected chi connectivity index (χ4v) is 4.17. The van der Waals surface area contributed by atoms with Gasteiger partial charge in [0.15, 0.2) is 17.4 Å². The molecule has 2 aromatic rings. The predicted octanol–water partition coefficient (Wildman–Crippen LogP) is 7.19. The summed E-state index contributed by atoms with van der Waals surface area (Å²) in [5, 5.41) is 9.46. The van der Waals surface area contributed by atoms with E-state index in [9.17, 15) is 13.9 Å². The average Bonchev–Trinajstić information content (AvgIpc) is 2.67. The monoisotopic (exact) mass is 358 g/mol. The predicted molar refractivity (Wildman–Crippen MR) is 102 cm³/mol. The fourth-order valence-electron chi connectivity index (χ4n) is 4.17. The highest BCUT2D eigenvalue weighted by Gasteiger charge is 2.22. The van der Waals surface area contributed by atoms with Gasteiger partial charge in [-0.1, -0.05) is 56.9 Å². The van der Waals surface area contributed by atoms with E-state index in [-0.39, 0.29) is 5.56 Å². The van der Waals surface area contributed by atoms with Crippen LogP contribution < -0.4 is 0 Å². The van der Waals surface area contributed by atoms with Crippen LogP contribution >= 0.6 is 0 Å². The Morgan fingerprint density at radius 2 is 1.62 bits per heavy atom. The minimum atomic E-state index is -0.932. The van der Waals surface area contributed by atoms with E-state index in [0.717, 1.165) is 12.0 Å². The van der Waals surface area contributed by atoms with Crippen LogP contribution in [-0.2, 0) is 0 Å². The van der Waals surface area contributed by atoms with Crippen LogP contribution in [0.5, 0.6) is 5.75 Å². The van der Waals surface area contributed by atoms with Crippen LogP contribution in [0.15, 0.2) is 36.4 Å². The third kappa shape index (κ3) is 4.25. The molecule has 1 aliphatic carbocycles. The van der Waals surface area contributed by atoms with Gasteiger partial charge in [0.2, 0.25) is 0 Å². The molecular weight excluding hydrogens is 330 g/mol. The quantitative estimate of drug-likeness (QED) is 0.542. The van der Waals surface area contributed by atoms with E-state index in [4.69, 9.17) is 0 Å². The molecule has 0 amide bonds. The highest BCUT2D eigenvalue weighted by Crippen LogP contribution is 2.38. The van der Waals surface area contributed by atoms with Crippen LogP contribution in [0.25, 0.3) is 11.1 Å². The fraction of sp³-hybridized carbons (Fsp3) is 0.478. The van der Waals surface area contributed by atoms with Crippen molar-refractivity contribution in [3.63, 3.8) is 0 Å². The molecule has 0 bridgehead atoms. The first-order valence-corrected chi connectivity index (χ1v) is 9.87. The summed E-state index contributed by atoms with van der Waals surface area (Å²) >= 11 is 0. The first kappa shape index (κ1) is 18.9. The van der Waals surface area contributed by atoms with Crippen molar-refractivity contribution in [2.45, 2.75) is 64.2 Å². The number of phenolic OH excluding ortho intramolecular Hbond substituents is 1. The van der Waals surface area contributed by atoms with Crippen molar-refractivity contribution in [1.82, 2.24) is 0 Å². The average molecular weight is 358 g/mol. The van der Waals surface area contributed by atoms with Crippen LogP contribution in [0.3, 0.4) is 0 Å². The van der Waals surface area contributed by atoms with Crippen LogP contribution in [-0.4, -0.2) is 5.11 Å². The second kappa shape index (κ2) is 8.66. The molecule has 2 aromatic carbocycles. The van der Waals surface area contributed by atoms with Gasteiger partial charge in [-0.25, -0.2) is 8.78 Å². The maximum atomic E-state index is 14.1. The molecular formula is C23H28F2O. The van der Waals surface area contributed by atoms with Crippen molar-refractivity contribution in [3.8, 4) is 16.9 Å². The molecule has 140 valence electrons.